The van der Waals surface area contributed by atoms with Gasteiger partial charge >= 0.3 is 0 Å². The molecule has 1 amide bonds. The zero-order valence-corrected chi connectivity index (χ0v) is 15.7. The number of ether oxygens (including phenoxy) is 1. The number of hydrogen-bond donors (Lipinski definition) is 1. The van der Waals surface area contributed by atoms with Crippen LogP contribution < -0.4 is 15.6 Å². The minimum absolute atomic E-state index is 0.137. The van der Waals surface area contributed by atoms with E-state index in [0.29, 0.717) is 23.6 Å². The molecule has 2 aromatic carbocycles. The van der Waals surface area contributed by atoms with Crippen LogP contribution in [0.15, 0.2) is 59.4 Å². The van der Waals surface area contributed by atoms with Crippen molar-refractivity contribution < 1.29 is 9.53 Å². The Hall–Kier alpha value is -3.61. The second kappa shape index (κ2) is 7.19. The lowest BCUT2D eigenvalue weighted by Crippen LogP contribution is -2.34. The second-order valence-electron chi connectivity index (χ2n) is 6.53. The van der Waals surface area contributed by atoms with Gasteiger partial charge in [-0.15, -0.1) is 0 Å². The van der Waals surface area contributed by atoms with Crippen molar-refractivity contribution in [2.75, 3.05) is 7.11 Å². The molecule has 0 aliphatic carbocycles. The number of aryl methyl sites for hydroxylation is 1. The van der Waals surface area contributed by atoms with Crippen LogP contribution in [0, 0.1) is 6.92 Å². The Morgan fingerprint density at radius 1 is 1.11 bits per heavy atom. The number of hydrogen-bond acceptors (Lipinski definition) is 4. The summed E-state index contributed by atoms with van der Waals surface area (Å²) in [5.74, 6) is 1.04. The van der Waals surface area contributed by atoms with Crippen molar-refractivity contribution in [3.8, 4) is 5.75 Å². The molecule has 28 heavy (non-hydrogen) atoms. The average Bonchev–Trinajstić information content (AvgIpc) is 3.11. The summed E-state index contributed by atoms with van der Waals surface area (Å²) >= 11 is 0. The maximum Gasteiger partial charge on any atom is 0.291 e. The van der Waals surface area contributed by atoms with E-state index in [1.54, 1.807) is 17.6 Å². The molecule has 0 saturated heterocycles. The maximum absolute atomic E-state index is 12.9. The van der Waals surface area contributed by atoms with Crippen molar-refractivity contribution in [3.63, 3.8) is 0 Å². The lowest BCUT2D eigenvalue weighted by atomic mass is 10.2. The van der Waals surface area contributed by atoms with E-state index in [0.717, 1.165) is 16.5 Å². The highest BCUT2D eigenvalue weighted by Gasteiger charge is 2.15. The third kappa shape index (κ3) is 3.11. The summed E-state index contributed by atoms with van der Waals surface area (Å²) < 4.78 is 8.39. The first-order valence-electron chi connectivity index (χ1n) is 8.95. The van der Waals surface area contributed by atoms with Crippen LogP contribution in [0.25, 0.3) is 16.4 Å². The minimum Gasteiger partial charge on any atom is -0.496 e. The topological polar surface area (TPSA) is 77.6 Å². The van der Waals surface area contributed by atoms with Crippen LogP contribution in [0.2, 0.25) is 0 Å². The van der Waals surface area contributed by atoms with Crippen molar-refractivity contribution in [3.05, 3.63) is 76.3 Å². The summed E-state index contributed by atoms with van der Waals surface area (Å²) in [7, 11) is 1.59. The molecule has 2 aromatic heterocycles. The Bertz CT molecular complexity index is 1230. The largest absolute Gasteiger partial charge is 0.496 e. The second-order valence-corrected chi connectivity index (χ2v) is 6.53. The first-order chi connectivity index (χ1) is 13.6. The fourth-order valence-corrected chi connectivity index (χ4v) is 3.38. The van der Waals surface area contributed by atoms with Crippen LogP contribution in [0.5, 0.6) is 5.75 Å². The van der Waals surface area contributed by atoms with E-state index >= 15 is 0 Å². The highest BCUT2D eigenvalue weighted by atomic mass is 16.5. The lowest BCUT2D eigenvalue weighted by molar-refractivity contribution is -0.122. The van der Waals surface area contributed by atoms with Crippen molar-refractivity contribution in [2.24, 2.45) is 0 Å². The number of fused-ring (bicyclic) bond motifs is 3. The van der Waals surface area contributed by atoms with Gasteiger partial charge in [-0.1, -0.05) is 36.4 Å². The van der Waals surface area contributed by atoms with E-state index in [1.807, 2.05) is 55.5 Å². The molecule has 0 spiro atoms. The molecule has 2 heterocycles. The van der Waals surface area contributed by atoms with Gasteiger partial charge in [0.05, 0.1) is 12.6 Å². The van der Waals surface area contributed by atoms with Crippen LogP contribution in [-0.2, 0) is 17.9 Å². The monoisotopic (exact) mass is 376 g/mol. The Balaban J connectivity index is 1.66. The fourth-order valence-electron chi connectivity index (χ4n) is 3.38. The van der Waals surface area contributed by atoms with Crippen molar-refractivity contribution >= 4 is 22.3 Å². The van der Waals surface area contributed by atoms with Crippen molar-refractivity contribution in [1.82, 2.24) is 19.5 Å². The van der Waals surface area contributed by atoms with Gasteiger partial charge in [-0.05, 0) is 30.7 Å². The molecule has 0 fully saturated rings. The fraction of sp³-hybridized carbons (Fsp3) is 0.190. The van der Waals surface area contributed by atoms with E-state index in [2.05, 4.69) is 10.4 Å². The average molecular weight is 376 g/mol. The number of methoxy groups -OCH3 is 1. The number of nitrogens with one attached hydrogen (secondary N) is 1. The molecule has 1 N–H and O–H groups in total. The Morgan fingerprint density at radius 2 is 1.89 bits per heavy atom. The molecule has 7 heteroatoms. The Morgan fingerprint density at radius 3 is 2.64 bits per heavy atom. The van der Waals surface area contributed by atoms with Gasteiger partial charge in [0.1, 0.15) is 23.6 Å². The molecule has 0 saturated carbocycles. The number of benzene rings is 2. The Kier molecular flexibility index (Phi) is 4.57. The van der Waals surface area contributed by atoms with Gasteiger partial charge in [-0.2, -0.15) is 5.10 Å². The van der Waals surface area contributed by atoms with Gasteiger partial charge in [0.2, 0.25) is 5.91 Å². The summed E-state index contributed by atoms with van der Waals surface area (Å²) in [5, 5.41) is 7.99. The number of carbonyl (C=O) groups is 1. The number of nitrogens with zero attached hydrogens (tertiary/aromatic N) is 3. The number of aromatic nitrogens is 3. The van der Waals surface area contributed by atoms with Gasteiger partial charge < -0.3 is 10.1 Å². The van der Waals surface area contributed by atoms with Gasteiger partial charge in [0.15, 0.2) is 0 Å². The summed E-state index contributed by atoms with van der Waals surface area (Å²) in [4.78, 5) is 25.2. The van der Waals surface area contributed by atoms with E-state index in [4.69, 9.17) is 4.74 Å². The Labute approximate surface area is 161 Å². The molecule has 0 unspecified atom stereocenters. The van der Waals surface area contributed by atoms with E-state index < -0.39 is 0 Å². The predicted molar refractivity (Wildman–Crippen MR) is 107 cm³/mol. The van der Waals surface area contributed by atoms with Crippen LogP contribution in [0.3, 0.4) is 0 Å². The zero-order chi connectivity index (χ0) is 19.7. The molecular weight excluding hydrogens is 356 g/mol. The van der Waals surface area contributed by atoms with Gasteiger partial charge in [-0.25, -0.2) is 4.68 Å². The van der Waals surface area contributed by atoms with E-state index in [-0.39, 0.29) is 18.0 Å². The minimum atomic E-state index is -0.321. The summed E-state index contributed by atoms with van der Waals surface area (Å²) in [6.07, 6.45) is 0. The SMILES string of the molecule is COc1cccc2c1cc1c(=O)n(CC(=O)NCc3ccccc3)nc(C)n12. The molecule has 4 rings (SSSR count). The lowest BCUT2D eigenvalue weighted by Gasteiger charge is -2.09. The molecular formula is C21H20N4O3. The van der Waals surface area contributed by atoms with E-state index in [9.17, 15) is 9.59 Å². The van der Waals surface area contributed by atoms with Crippen LogP contribution in [0.1, 0.15) is 11.4 Å². The van der Waals surface area contributed by atoms with Crippen molar-refractivity contribution in [2.45, 2.75) is 20.0 Å². The molecule has 0 radical (unpaired) electrons. The van der Waals surface area contributed by atoms with E-state index in [1.165, 1.54) is 4.68 Å². The third-order valence-electron chi connectivity index (χ3n) is 4.69. The summed E-state index contributed by atoms with van der Waals surface area (Å²) in [5.41, 5.74) is 1.98. The quantitative estimate of drug-likeness (QED) is 0.580. The molecule has 142 valence electrons. The molecule has 0 atom stereocenters. The molecule has 7 nitrogen and oxygen atoms in total. The number of amides is 1. The van der Waals surface area contributed by atoms with Gasteiger partial charge in [0, 0.05) is 11.9 Å². The standard InChI is InChI=1S/C21H20N4O3/c1-14-23-24(13-20(26)22-12-15-7-4-3-5-8-15)21(27)18-11-16-17(25(14)18)9-6-10-19(16)28-2/h3-11H,12-13H2,1-2H3,(H,22,26). The number of carbonyl (C=O) groups excluding carboxylic acids is 1. The maximum atomic E-state index is 12.9. The van der Waals surface area contributed by atoms with Crippen LogP contribution >= 0.6 is 0 Å². The van der Waals surface area contributed by atoms with Gasteiger partial charge in [-0.3, -0.25) is 14.0 Å². The number of rotatable bonds is 5. The first kappa shape index (κ1) is 17.8. The molecule has 0 aliphatic rings. The predicted octanol–water partition coefficient (Wildman–Crippen LogP) is 2.28. The smallest absolute Gasteiger partial charge is 0.291 e. The first-order valence-corrected chi connectivity index (χ1v) is 8.95. The highest BCUT2D eigenvalue weighted by Crippen LogP contribution is 2.28. The van der Waals surface area contributed by atoms with Crippen LogP contribution in [0.4, 0.5) is 0 Å². The van der Waals surface area contributed by atoms with Gasteiger partial charge in [0.25, 0.3) is 5.56 Å². The van der Waals surface area contributed by atoms with Crippen molar-refractivity contribution in [1.29, 1.82) is 0 Å². The summed E-state index contributed by atoms with van der Waals surface area (Å²) in [6.45, 7) is 2.08. The molecule has 0 bridgehead atoms. The molecule has 4 aromatic rings. The zero-order valence-electron chi connectivity index (χ0n) is 15.7. The normalized spacial score (nSPS) is 11.1. The molecule has 0 aliphatic heterocycles. The third-order valence-corrected chi connectivity index (χ3v) is 4.69. The highest BCUT2D eigenvalue weighted by molar-refractivity contribution is 5.92. The van der Waals surface area contributed by atoms with Crippen LogP contribution in [-0.4, -0.2) is 27.2 Å². The summed E-state index contributed by atoms with van der Waals surface area (Å²) in [6, 6.07) is 17.0.